The summed E-state index contributed by atoms with van der Waals surface area (Å²) in [6.07, 6.45) is -1.85. The Morgan fingerprint density at radius 3 is 2.68 bits per heavy atom. The number of hydrogen-bond acceptors (Lipinski definition) is 4. The van der Waals surface area contributed by atoms with E-state index in [1.807, 2.05) is 6.92 Å². The van der Waals surface area contributed by atoms with Gasteiger partial charge in [-0.05, 0) is 43.9 Å². The van der Waals surface area contributed by atoms with Crippen molar-refractivity contribution >= 4 is 11.8 Å². The standard InChI is InChI=1S/C23H26F4N4O3/c1-3-17(14-9-16(24)20(28-11-14)23(25,26)27)29-21(32)15-10-18(31-7-8-34-12-19(15)31)22(33)30-6-4-5-13(30)2/h9-11,13,17H,3-8,12H2,1-2H3,(H,29,32)/t13-,17+/m0/s1. The van der Waals surface area contributed by atoms with Crippen LogP contribution in [0, 0.1) is 5.82 Å². The molecule has 7 nitrogen and oxygen atoms in total. The molecule has 1 N–H and O–H groups in total. The van der Waals surface area contributed by atoms with Gasteiger partial charge in [-0.2, -0.15) is 13.2 Å². The number of ether oxygens (including phenoxy) is 1. The molecule has 2 atom stereocenters. The number of nitrogens with zero attached hydrogens (tertiary/aromatic N) is 3. The lowest BCUT2D eigenvalue weighted by Gasteiger charge is -2.24. The average molecular weight is 482 g/mol. The zero-order valence-corrected chi connectivity index (χ0v) is 18.9. The molecule has 0 aliphatic carbocycles. The van der Waals surface area contributed by atoms with E-state index < -0.39 is 29.6 Å². The van der Waals surface area contributed by atoms with Gasteiger partial charge in [-0.25, -0.2) is 9.37 Å². The summed E-state index contributed by atoms with van der Waals surface area (Å²) in [4.78, 5) is 31.4. The Hall–Kier alpha value is -2.95. The Bertz CT molecular complexity index is 1100. The molecule has 0 bridgehead atoms. The Morgan fingerprint density at radius 2 is 2.06 bits per heavy atom. The van der Waals surface area contributed by atoms with Gasteiger partial charge in [0, 0.05) is 25.3 Å². The number of amides is 2. The fraction of sp³-hybridized carbons (Fsp3) is 0.522. The Kier molecular flexibility index (Phi) is 6.66. The molecule has 34 heavy (non-hydrogen) atoms. The number of fused-ring (bicyclic) bond motifs is 1. The topological polar surface area (TPSA) is 76.5 Å². The van der Waals surface area contributed by atoms with Crippen LogP contribution >= 0.6 is 0 Å². The van der Waals surface area contributed by atoms with Gasteiger partial charge in [0.05, 0.1) is 30.5 Å². The summed E-state index contributed by atoms with van der Waals surface area (Å²) in [5.41, 5.74) is -0.255. The van der Waals surface area contributed by atoms with E-state index in [0.717, 1.165) is 25.1 Å². The van der Waals surface area contributed by atoms with Crippen molar-refractivity contribution in [3.8, 4) is 0 Å². The van der Waals surface area contributed by atoms with E-state index in [9.17, 15) is 27.2 Å². The molecular weight excluding hydrogens is 456 g/mol. The molecule has 2 aromatic heterocycles. The zero-order valence-electron chi connectivity index (χ0n) is 18.9. The molecule has 4 heterocycles. The number of alkyl halides is 3. The van der Waals surface area contributed by atoms with E-state index >= 15 is 0 Å². The van der Waals surface area contributed by atoms with Gasteiger partial charge in [-0.3, -0.25) is 9.59 Å². The molecule has 1 saturated heterocycles. The molecule has 2 amide bonds. The van der Waals surface area contributed by atoms with Gasteiger partial charge >= 0.3 is 6.18 Å². The summed E-state index contributed by atoms with van der Waals surface area (Å²) < 4.78 is 59.9. The third kappa shape index (κ3) is 4.53. The monoisotopic (exact) mass is 482 g/mol. The lowest BCUT2D eigenvalue weighted by atomic mass is 10.0. The van der Waals surface area contributed by atoms with Crippen LogP contribution < -0.4 is 5.32 Å². The van der Waals surface area contributed by atoms with Gasteiger partial charge in [0.1, 0.15) is 5.69 Å². The van der Waals surface area contributed by atoms with Crippen molar-refractivity contribution < 1.29 is 31.9 Å². The first-order valence-corrected chi connectivity index (χ1v) is 11.3. The Morgan fingerprint density at radius 1 is 1.29 bits per heavy atom. The number of pyridine rings is 1. The largest absolute Gasteiger partial charge is 0.436 e. The zero-order chi connectivity index (χ0) is 24.6. The molecule has 0 radical (unpaired) electrons. The normalized spacial score (nSPS) is 19.1. The van der Waals surface area contributed by atoms with Gasteiger partial charge in [0.15, 0.2) is 11.5 Å². The maximum Gasteiger partial charge on any atom is 0.436 e. The van der Waals surface area contributed by atoms with Gasteiger partial charge in [-0.15, -0.1) is 0 Å². The van der Waals surface area contributed by atoms with Crippen molar-refractivity contribution in [3.63, 3.8) is 0 Å². The Balaban J connectivity index is 1.61. The van der Waals surface area contributed by atoms with Crippen LogP contribution in [0.2, 0.25) is 0 Å². The maximum atomic E-state index is 14.0. The van der Waals surface area contributed by atoms with Crippen LogP contribution in [0.4, 0.5) is 17.6 Å². The molecule has 2 aliphatic rings. The summed E-state index contributed by atoms with van der Waals surface area (Å²) >= 11 is 0. The lowest BCUT2D eigenvalue weighted by molar-refractivity contribution is -0.143. The molecule has 0 aromatic carbocycles. The molecule has 11 heteroatoms. The van der Waals surface area contributed by atoms with Crippen molar-refractivity contribution in [2.45, 2.75) is 64.5 Å². The van der Waals surface area contributed by atoms with E-state index in [1.165, 1.54) is 0 Å². The molecular formula is C23H26F4N4O3. The minimum absolute atomic E-state index is 0.113. The fourth-order valence-corrected chi connectivity index (χ4v) is 4.59. The number of carbonyl (C=O) groups excluding carboxylic acids is 2. The van der Waals surface area contributed by atoms with Crippen molar-refractivity contribution in [3.05, 3.63) is 52.4 Å². The predicted octanol–water partition coefficient (Wildman–Crippen LogP) is 4.08. The first-order chi connectivity index (χ1) is 16.1. The molecule has 0 saturated carbocycles. The van der Waals surface area contributed by atoms with E-state index in [4.69, 9.17) is 4.74 Å². The molecule has 184 valence electrons. The fourth-order valence-electron chi connectivity index (χ4n) is 4.59. The van der Waals surface area contributed by atoms with Crippen LogP contribution in [-0.4, -0.2) is 45.5 Å². The highest BCUT2D eigenvalue weighted by Gasteiger charge is 2.37. The van der Waals surface area contributed by atoms with Crippen molar-refractivity contribution in [1.29, 1.82) is 0 Å². The van der Waals surface area contributed by atoms with Crippen LogP contribution in [-0.2, 0) is 24.1 Å². The molecule has 4 rings (SSSR count). The van der Waals surface area contributed by atoms with Gasteiger partial charge in [0.2, 0.25) is 0 Å². The number of likely N-dealkylation sites (tertiary alicyclic amines) is 1. The minimum Gasteiger partial charge on any atom is -0.373 e. The third-order valence-corrected chi connectivity index (χ3v) is 6.43. The SMILES string of the molecule is CC[C@@H](NC(=O)c1cc(C(=O)N2CCC[C@@H]2C)n2c1COCC2)c1cnc(C(F)(F)F)c(F)c1. The summed E-state index contributed by atoms with van der Waals surface area (Å²) in [6, 6.07) is 1.63. The minimum atomic E-state index is -4.91. The maximum absolute atomic E-state index is 14.0. The summed E-state index contributed by atoms with van der Waals surface area (Å²) in [6.45, 7) is 5.35. The van der Waals surface area contributed by atoms with Gasteiger partial charge < -0.3 is 19.5 Å². The van der Waals surface area contributed by atoms with E-state index in [2.05, 4.69) is 10.3 Å². The highest BCUT2D eigenvalue weighted by Crippen LogP contribution is 2.31. The number of hydrogen-bond donors (Lipinski definition) is 1. The first kappa shape index (κ1) is 24.2. The van der Waals surface area contributed by atoms with Crippen LogP contribution in [0.5, 0.6) is 0 Å². The van der Waals surface area contributed by atoms with Crippen LogP contribution in [0.25, 0.3) is 0 Å². The quantitative estimate of drug-likeness (QED) is 0.652. The molecule has 2 aliphatic heterocycles. The third-order valence-electron chi connectivity index (χ3n) is 6.43. The van der Waals surface area contributed by atoms with Gasteiger partial charge in [0.25, 0.3) is 11.8 Å². The van der Waals surface area contributed by atoms with E-state index in [-0.39, 0.29) is 29.7 Å². The number of halogens is 4. The number of carbonyl (C=O) groups is 2. The van der Waals surface area contributed by atoms with Crippen LogP contribution in [0.3, 0.4) is 0 Å². The number of rotatable bonds is 5. The molecule has 0 unspecified atom stereocenters. The second kappa shape index (κ2) is 9.36. The highest BCUT2D eigenvalue weighted by molar-refractivity contribution is 6.01. The van der Waals surface area contributed by atoms with E-state index in [1.54, 1.807) is 22.5 Å². The lowest BCUT2D eigenvalue weighted by Crippen LogP contribution is -2.35. The number of nitrogens with one attached hydrogen (secondary N) is 1. The predicted molar refractivity (Wildman–Crippen MR) is 114 cm³/mol. The van der Waals surface area contributed by atoms with Crippen molar-refractivity contribution in [1.82, 2.24) is 19.8 Å². The second-order valence-electron chi connectivity index (χ2n) is 8.62. The van der Waals surface area contributed by atoms with Crippen LogP contribution in [0.15, 0.2) is 18.3 Å². The molecule has 0 spiro atoms. The van der Waals surface area contributed by atoms with Crippen molar-refractivity contribution in [2.75, 3.05) is 13.2 Å². The molecule has 2 aromatic rings. The summed E-state index contributed by atoms with van der Waals surface area (Å²) in [5.74, 6) is -2.16. The van der Waals surface area contributed by atoms with E-state index in [0.29, 0.717) is 37.5 Å². The highest BCUT2D eigenvalue weighted by atomic mass is 19.4. The van der Waals surface area contributed by atoms with Crippen molar-refractivity contribution in [2.24, 2.45) is 0 Å². The summed E-state index contributed by atoms with van der Waals surface area (Å²) in [5, 5.41) is 2.74. The molecule has 1 fully saturated rings. The van der Waals surface area contributed by atoms with Gasteiger partial charge in [-0.1, -0.05) is 6.92 Å². The average Bonchev–Trinajstić information content (AvgIpc) is 3.39. The first-order valence-electron chi connectivity index (χ1n) is 11.3. The summed E-state index contributed by atoms with van der Waals surface area (Å²) in [7, 11) is 0. The second-order valence-corrected chi connectivity index (χ2v) is 8.62. The van der Waals surface area contributed by atoms with Crippen LogP contribution in [0.1, 0.15) is 76.9 Å². The number of aromatic nitrogens is 2. The Labute approximate surface area is 194 Å². The smallest absolute Gasteiger partial charge is 0.373 e.